The predicted octanol–water partition coefficient (Wildman–Crippen LogP) is 3.75. The minimum absolute atomic E-state index is 0.0304. The number of nitrogens with zero attached hydrogens (tertiary/aromatic N) is 1. The Bertz CT molecular complexity index is 736. The predicted molar refractivity (Wildman–Crippen MR) is 93.2 cm³/mol. The third-order valence-electron chi connectivity index (χ3n) is 4.77. The standard InChI is InChI=1S/C20H22F2N2O/c1-14-12-16(10-11-24(14)13-15-6-3-2-4-7-15)23-20(25)17-8-5-9-18(21)19(17)22/h2-9,14,16H,10-13H2,1H3,(H,23,25)/t14-,16-/m0/s1. The summed E-state index contributed by atoms with van der Waals surface area (Å²) >= 11 is 0. The van der Waals surface area contributed by atoms with Crippen LogP contribution in [-0.4, -0.2) is 29.4 Å². The van der Waals surface area contributed by atoms with E-state index in [4.69, 9.17) is 0 Å². The first-order valence-corrected chi connectivity index (χ1v) is 8.57. The average molecular weight is 344 g/mol. The maximum absolute atomic E-state index is 13.7. The third-order valence-corrected chi connectivity index (χ3v) is 4.77. The van der Waals surface area contributed by atoms with Gasteiger partial charge in [-0.3, -0.25) is 9.69 Å². The molecule has 0 bridgehead atoms. The number of benzene rings is 2. The van der Waals surface area contributed by atoms with Crippen LogP contribution in [0.3, 0.4) is 0 Å². The molecule has 1 heterocycles. The Hall–Kier alpha value is -2.27. The lowest BCUT2D eigenvalue weighted by Gasteiger charge is -2.38. The second-order valence-corrected chi connectivity index (χ2v) is 6.60. The molecule has 1 fully saturated rings. The molecule has 5 heteroatoms. The highest BCUT2D eigenvalue weighted by atomic mass is 19.2. The third kappa shape index (κ3) is 4.23. The molecule has 2 aromatic carbocycles. The van der Waals surface area contributed by atoms with E-state index in [2.05, 4.69) is 29.3 Å². The number of nitrogens with one attached hydrogen (secondary N) is 1. The van der Waals surface area contributed by atoms with Crippen molar-refractivity contribution in [2.24, 2.45) is 0 Å². The number of likely N-dealkylation sites (tertiary alicyclic amines) is 1. The molecule has 0 spiro atoms. The summed E-state index contributed by atoms with van der Waals surface area (Å²) in [6.45, 7) is 3.86. The fraction of sp³-hybridized carbons (Fsp3) is 0.350. The number of halogens is 2. The largest absolute Gasteiger partial charge is 0.349 e. The van der Waals surface area contributed by atoms with Crippen LogP contribution in [0, 0.1) is 11.6 Å². The van der Waals surface area contributed by atoms with Crippen molar-refractivity contribution in [2.45, 2.75) is 38.4 Å². The second-order valence-electron chi connectivity index (χ2n) is 6.60. The molecule has 25 heavy (non-hydrogen) atoms. The molecule has 0 aliphatic carbocycles. The molecule has 0 unspecified atom stereocenters. The molecule has 132 valence electrons. The van der Waals surface area contributed by atoms with Crippen LogP contribution in [0.4, 0.5) is 8.78 Å². The van der Waals surface area contributed by atoms with Crippen molar-refractivity contribution >= 4 is 5.91 Å². The summed E-state index contributed by atoms with van der Waals surface area (Å²) in [7, 11) is 0. The van der Waals surface area contributed by atoms with Gasteiger partial charge in [-0.2, -0.15) is 0 Å². The zero-order valence-electron chi connectivity index (χ0n) is 14.2. The van der Waals surface area contributed by atoms with E-state index in [-0.39, 0.29) is 11.6 Å². The van der Waals surface area contributed by atoms with E-state index in [0.29, 0.717) is 6.04 Å². The van der Waals surface area contributed by atoms with Crippen LogP contribution in [0.5, 0.6) is 0 Å². The van der Waals surface area contributed by atoms with Crippen LogP contribution in [0.2, 0.25) is 0 Å². The second kappa shape index (κ2) is 7.74. The van der Waals surface area contributed by atoms with E-state index in [1.165, 1.54) is 17.7 Å². The Morgan fingerprint density at radius 3 is 2.64 bits per heavy atom. The minimum atomic E-state index is -1.09. The van der Waals surface area contributed by atoms with Crippen LogP contribution in [0.25, 0.3) is 0 Å². The monoisotopic (exact) mass is 344 g/mol. The van der Waals surface area contributed by atoms with Crippen molar-refractivity contribution < 1.29 is 13.6 Å². The van der Waals surface area contributed by atoms with Gasteiger partial charge in [0.2, 0.25) is 0 Å². The maximum Gasteiger partial charge on any atom is 0.254 e. The van der Waals surface area contributed by atoms with E-state index in [1.807, 2.05) is 18.2 Å². The van der Waals surface area contributed by atoms with E-state index in [0.717, 1.165) is 32.0 Å². The summed E-state index contributed by atoms with van der Waals surface area (Å²) in [4.78, 5) is 14.6. The summed E-state index contributed by atoms with van der Waals surface area (Å²) in [5.74, 6) is -2.64. The number of rotatable bonds is 4. The summed E-state index contributed by atoms with van der Waals surface area (Å²) < 4.78 is 27.0. The van der Waals surface area contributed by atoms with E-state index in [9.17, 15) is 13.6 Å². The topological polar surface area (TPSA) is 32.3 Å². The quantitative estimate of drug-likeness (QED) is 0.916. The number of carbonyl (C=O) groups excluding carboxylic acids is 1. The van der Waals surface area contributed by atoms with E-state index >= 15 is 0 Å². The molecule has 0 saturated carbocycles. The highest BCUT2D eigenvalue weighted by molar-refractivity contribution is 5.94. The van der Waals surface area contributed by atoms with Gasteiger partial charge in [0.15, 0.2) is 11.6 Å². The first kappa shape index (κ1) is 17.5. The van der Waals surface area contributed by atoms with Crippen molar-refractivity contribution in [3.63, 3.8) is 0 Å². The summed E-state index contributed by atoms with van der Waals surface area (Å²) in [6.07, 6.45) is 1.58. The Balaban J connectivity index is 1.58. The van der Waals surface area contributed by atoms with Gasteiger partial charge in [-0.05, 0) is 37.5 Å². The number of piperidine rings is 1. The van der Waals surface area contributed by atoms with Gasteiger partial charge in [0.1, 0.15) is 0 Å². The van der Waals surface area contributed by atoms with Gasteiger partial charge in [-0.15, -0.1) is 0 Å². The molecule has 1 aliphatic rings. The van der Waals surface area contributed by atoms with Gasteiger partial charge in [0, 0.05) is 25.2 Å². The molecule has 2 atom stereocenters. The number of carbonyl (C=O) groups is 1. The molecule has 1 N–H and O–H groups in total. The lowest BCUT2D eigenvalue weighted by atomic mass is 9.97. The number of hydrogen-bond donors (Lipinski definition) is 1. The Morgan fingerprint density at radius 1 is 1.16 bits per heavy atom. The van der Waals surface area contributed by atoms with Crippen LogP contribution >= 0.6 is 0 Å². The fourth-order valence-electron chi connectivity index (χ4n) is 3.35. The molecule has 2 aromatic rings. The van der Waals surface area contributed by atoms with E-state index in [1.54, 1.807) is 0 Å². The smallest absolute Gasteiger partial charge is 0.254 e. The van der Waals surface area contributed by atoms with Gasteiger partial charge < -0.3 is 5.32 Å². The maximum atomic E-state index is 13.7. The summed E-state index contributed by atoms with van der Waals surface area (Å²) in [5.41, 5.74) is 1.03. The summed E-state index contributed by atoms with van der Waals surface area (Å²) in [6, 6.07) is 14.2. The van der Waals surface area contributed by atoms with Gasteiger partial charge in [0.05, 0.1) is 5.56 Å². The first-order chi connectivity index (χ1) is 12.0. The fourth-order valence-corrected chi connectivity index (χ4v) is 3.35. The van der Waals surface area contributed by atoms with Crippen LogP contribution in [0.1, 0.15) is 35.7 Å². The van der Waals surface area contributed by atoms with Crippen LogP contribution in [-0.2, 0) is 6.54 Å². The molecular weight excluding hydrogens is 322 g/mol. The lowest BCUT2D eigenvalue weighted by Crippen LogP contribution is -2.48. The Kier molecular flexibility index (Phi) is 5.43. The molecule has 3 rings (SSSR count). The zero-order valence-corrected chi connectivity index (χ0v) is 14.2. The average Bonchev–Trinajstić information content (AvgIpc) is 2.60. The number of amides is 1. The number of hydrogen-bond acceptors (Lipinski definition) is 2. The molecule has 1 saturated heterocycles. The molecule has 1 aliphatic heterocycles. The molecule has 1 amide bonds. The van der Waals surface area contributed by atoms with Crippen molar-refractivity contribution in [1.82, 2.24) is 10.2 Å². The zero-order chi connectivity index (χ0) is 17.8. The molecule has 0 radical (unpaired) electrons. The van der Waals surface area contributed by atoms with Crippen molar-refractivity contribution in [1.29, 1.82) is 0 Å². The first-order valence-electron chi connectivity index (χ1n) is 8.57. The van der Waals surface area contributed by atoms with Crippen LogP contribution in [0.15, 0.2) is 48.5 Å². The molecule has 3 nitrogen and oxygen atoms in total. The minimum Gasteiger partial charge on any atom is -0.349 e. The SMILES string of the molecule is C[C@H]1C[C@@H](NC(=O)c2cccc(F)c2F)CCN1Cc1ccccc1. The van der Waals surface area contributed by atoms with Crippen molar-refractivity contribution in [3.8, 4) is 0 Å². The Labute approximate surface area is 146 Å². The molecular formula is C20H22F2N2O. The molecule has 0 aromatic heterocycles. The van der Waals surface area contributed by atoms with E-state index < -0.39 is 17.5 Å². The highest BCUT2D eigenvalue weighted by Gasteiger charge is 2.27. The summed E-state index contributed by atoms with van der Waals surface area (Å²) in [5, 5.41) is 2.85. The van der Waals surface area contributed by atoms with Gasteiger partial charge in [-0.1, -0.05) is 36.4 Å². The van der Waals surface area contributed by atoms with Crippen molar-refractivity contribution in [2.75, 3.05) is 6.54 Å². The van der Waals surface area contributed by atoms with Gasteiger partial charge >= 0.3 is 0 Å². The van der Waals surface area contributed by atoms with Crippen molar-refractivity contribution in [3.05, 3.63) is 71.3 Å². The highest BCUT2D eigenvalue weighted by Crippen LogP contribution is 2.21. The normalized spacial score (nSPS) is 21.1. The van der Waals surface area contributed by atoms with Gasteiger partial charge in [-0.25, -0.2) is 8.78 Å². The van der Waals surface area contributed by atoms with Crippen LogP contribution < -0.4 is 5.32 Å². The lowest BCUT2D eigenvalue weighted by molar-refractivity contribution is 0.0862. The van der Waals surface area contributed by atoms with Gasteiger partial charge in [0.25, 0.3) is 5.91 Å². The Morgan fingerprint density at radius 2 is 1.92 bits per heavy atom.